The van der Waals surface area contributed by atoms with Gasteiger partial charge in [0.25, 0.3) is 0 Å². The van der Waals surface area contributed by atoms with E-state index in [2.05, 4.69) is 15.9 Å². The second kappa shape index (κ2) is 6.52. The molecule has 2 rings (SSSR count). The van der Waals surface area contributed by atoms with Gasteiger partial charge >= 0.3 is 0 Å². The molecule has 3 nitrogen and oxygen atoms in total. The fourth-order valence-electron chi connectivity index (χ4n) is 1.73. The molecule has 0 aliphatic carbocycles. The molecule has 0 N–H and O–H groups in total. The van der Waals surface area contributed by atoms with Crippen LogP contribution < -0.4 is 9.47 Å². The number of carbonyl (C=O) groups is 1. The van der Waals surface area contributed by atoms with Gasteiger partial charge in [0.15, 0.2) is 6.29 Å². The number of rotatable bonds is 5. The third kappa shape index (κ3) is 3.57. The largest absolute Gasteiger partial charge is 0.497 e. The summed E-state index contributed by atoms with van der Waals surface area (Å²) in [5.74, 6) is 0.664. The normalized spacial score (nSPS) is 10.2. The van der Waals surface area contributed by atoms with Crippen molar-refractivity contribution in [3.63, 3.8) is 0 Å². The highest BCUT2D eigenvalue weighted by Crippen LogP contribution is 2.24. The summed E-state index contributed by atoms with van der Waals surface area (Å²) in [5.41, 5.74) is 1.06. The van der Waals surface area contributed by atoms with Crippen LogP contribution >= 0.6 is 15.9 Å². The van der Waals surface area contributed by atoms with E-state index in [9.17, 15) is 9.18 Å². The summed E-state index contributed by atoms with van der Waals surface area (Å²) in [6.07, 6.45) is 0.694. The van der Waals surface area contributed by atoms with Crippen LogP contribution in [-0.2, 0) is 6.61 Å². The van der Waals surface area contributed by atoms with Crippen LogP contribution in [-0.4, -0.2) is 13.4 Å². The van der Waals surface area contributed by atoms with Gasteiger partial charge in [-0.2, -0.15) is 0 Å². The first-order chi connectivity index (χ1) is 9.62. The van der Waals surface area contributed by atoms with Gasteiger partial charge in [-0.25, -0.2) is 4.39 Å². The van der Waals surface area contributed by atoms with Crippen molar-refractivity contribution in [3.8, 4) is 11.5 Å². The van der Waals surface area contributed by atoms with E-state index in [0.29, 0.717) is 33.4 Å². The average Bonchev–Trinajstić information content (AvgIpc) is 2.44. The molecule has 0 saturated heterocycles. The van der Waals surface area contributed by atoms with E-state index in [1.54, 1.807) is 24.3 Å². The first kappa shape index (κ1) is 14.5. The fourth-order valence-corrected chi connectivity index (χ4v) is 2.25. The number of hydrogen-bond acceptors (Lipinski definition) is 3. The minimum absolute atomic E-state index is 0.170. The molecule has 2 aromatic carbocycles. The van der Waals surface area contributed by atoms with Crippen molar-refractivity contribution in [2.45, 2.75) is 6.61 Å². The van der Waals surface area contributed by atoms with Gasteiger partial charge in [-0.3, -0.25) is 4.79 Å². The van der Waals surface area contributed by atoms with Gasteiger partial charge in [0.05, 0.1) is 12.7 Å². The Morgan fingerprint density at radius 2 is 2.05 bits per heavy atom. The molecular formula is C15H12BrFO3. The number of methoxy groups -OCH3 is 1. The lowest BCUT2D eigenvalue weighted by Crippen LogP contribution is -1.99. The monoisotopic (exact) mass is 338 g/mol. The molecule has 0 fully saturated rings. The molecule has 20 heavy (non-hydrogen) atoms. The minimum atomic E-state index is -0.344. The first-order valence-corrected chi connectivity index (χ1v) is 6.62. The molecule has 0 aliphatic heterocycles. The van der Waals surface area contributed by atoms with Gasteiger partial charge in [0.2, 0.25) is 0 Å². The highest BCUT2D eigenvalue weighted by molar-refractivity contribution is 9.10. The molecule has 0 unspecified atom stereocenters. The van der Waals surface area contributed by atoms with Crippen molar-refractivity contribution >= 4 is 22.2 Å². The number of carbonyl (C=O) groups excluding carboxylic acids is 1. The van der Waals surface area contributed by atoms with E-state index in [4.69, 9.17) is 9.47 Å². The third-order valence-corrected chi connectivity index (χ3v) is 3.12. The molecule has 0 atom stereocenters. The van der Waals surface area contributed by atoms with Gasteiger partial charge in [-0.05, 0) is 42.0 Å². The molecule has 0 radical (unpaired) electrons. The van der Waals surface area contributed by atoms with Crippen LogP contribution in [0.2, 0.25) is 0 Å². The van der Waals surface area contributed by atoms with Gasteiger partial charge in [0.1, 0.15) is 23.9 Å². The number of halogens is 2. The maximum atomic E-state index is 13.2. The number of benzene rings is 2. The topological polar surface area (TPSA) is 35.5 Å². The predicted octanol–water partition coefficient (Wildman–Crippen LogP) is 3.99. The van der Waals surface area contributed by atoms with E-state index < -0.39 is 0 Å². The van der Waals surface area contributed by atoms with Crippen molar-refractivity contribution in [1.29, 1.82) is 0 Å². The number of aldehydes is 1. The highest BCUT2D eigenvalue weighted by Gasteiger charge is 2.06. The maximum absolute atomic E-state index is 13.2. The highest BCUT2D eigenvalue weighted by atomic mass is 79.9. The molecule has 2 aromatic rings. The van der Waals surface area contributed by atoms with E-state index in [-0.39, 0.29) is 12.4 Å². The van der Waals surface area contributed by atoms with Crippen LogP contribution in [0.3, 0.4) is 0 Å². The SMILES string of the molecule is COc1ccc(OCc2cc(F)cc(Br)c2)c(C=O)c1. The summed E-state index contributed by atoms with van der Waals surface area (Å²) < 4.78 is 24.5. The van der Waals surface area contributed by atoms with Crippen LogP contribution in [0.15, 0.2) is 40.9 Å². The Balaban J connectivity index is 2.16. The Morgan fingerprint density at radius 3 is 2.70 bits per heavy atom. The van der Waals surface area contributed by atoms with Gasteiger partial charge in [0, 0.05) is 4.47 Å². The van der Waals surface area contributed by atoms with E-state index in [1.807, 2.05) is 0 Å². The summed E-state index contributed by atoms with van der Waals surface area (Å²) in [6, 6.07) is 9.44. The van der Waals surface area contributed by atoms with Gasteiger partial charge in [-0.15, -0.1) is 0 Å². The van der Waals surface area contributed by atoms with Crippen LogP contribution in [0.1, 0.15) is 15.9 Å². The molecule has 0 aliphatic rings. The molecule has 0 heterocycles. The number of ether oxygens (including phenoxy) is 2. The fraction of sp³-hybridized carbons (Fsp3) is 0.133. The smallest absolute Gasteiger partial charge is 0.153 e. The standard InChI is InChI=1S/C15H12BrFO3/c1-19-14-2-3-15(11(6-14)8-18)20-9-10-4-12(16)7-13(17)5-10/h2-8H,9H2,1H3. The Hall–Kier alpha value is -1.88. The zero-order valence-electron chi connectivity index (χ0n) is 10.7. The van der Waals surface area contributed by atoms with E-state index in [1.165, 1.54) is 19.2 Å². The summed E-state index contributed by atoms with van der Waals surface area (Å²) in [7, 11) is 1.52. The third-order valence-electron chi connectivity index (χ3n) is 2.66. The molecule has 0 aromatic heterocycles. The van der Waals surface area contributed by atoms with Crippen molar-refractivity contribution in [3.05, 3.63) is 57.8 Å². The van der Waals surface area contributed by atoms with Crippen molar-refractivity contribution in [2.24, 2.45) is 0 Å². The number of hydrogen-bond donors (Lipinski definition) is 0. The minimum Gasteiger partial charge on any atom is -0.497 e. The molecule has 5 heteroatoms. The first-order valence-electron chi connectivity index (χ1n) is 5.83. The summed E-state index contributed by atoms with van der Waals surface area (Å²) in [6.45, 7) is 0.170. The summed E-state index contributed by atoms with van der Waals surface area (Å²) in [5, 5.41) is 0. The van der Waals surface area contributed by atoms with E-state index >= 15 is 0 Å². The molecule has 0 saturated carbocycles. The summed E-state index contributed by atoms with van der Waals surface area (Å²) >= 11 is 3.22. The second-order valence-electron chi connectivity index (χ2n) is 4.09. The predicted molar refractivity (Wildman–Crippen MR) is 76.8 cm³/mol. The lowest BCUT2D eigenvalue weighted by atomic mass is 10.2. The van der Waals surface area contributed by atoms with E-state index in [0.717, 1.165) is 0 Å². The maximum Gasteiger partial charge on any atom is 0.153 e. The Kier molecular flexibility index (Phi) is 4.74. The Bertz CT molecular complexity index is 608. The lowest BCUT2D eigenvalue weighted by molar-refractivity contribution is 0.111. The van der Waals surface area contributed by atoms with Crippen molar-refractivity contribution < 1.29 is 18.7 Å². The lowest BCUT2D eigenvalue weighted by Gasteiger charge is -2.10. The van der Waals surface area contributed by atoms with Gasteiger partial charge in [-0.1, -0.05) is 15.9 Å². The van der Waals surface area contributed by atoms with Crippen molar-refractivity contribution in [2.75, 3.05) is 7.11 Å². The van der Waals surface area contributed by atoms with Gasteiger partial charge < -0.3 is 9.47 Å². The zero-order valence-corrected chi connectivity index (χ0v) is 12.3. The summed E-state index contributed by atoms with van der Waals surface area (Å²) in [4.78, 5) is 11.0. The molecule has 0 spiro atoms. The van der Waals surface area contributed by atoms with Crippen LogP contribution in [0.4, 0.5) is 4.39 Å². The zero-order chi connectivity index (χ0) is 14.5. The van der Waals surface area contributed by atoms with Crippen LogP contribution in [0.5, 0.6) is 11.5 Å². The molecule has 104 valence electrons. The molecular weight excluding hydrogens is 327 g/mol. The quantitative estimate of drug-likeness (QED) is 0.773. The molecule has 0 bridgehead atoms. The van der Waals surface area contributed by atoms with Crippen LogP contribution in [0, 0.1) is 5.82 Å². The Morgan fingerprint density at radius 1 is 1.25 bits per heavy atom. The Labute approximate surface area is 124 Å². The average molecular weight is 339 g/mol. The van der Waals surface area contributed by atoms with Crippen LogP contribution in [0.25, 0.3) is 0 Å². The second-order valence-corrected chi connectivity index (χ2v) is 5.00. The van der Waals surface area contributed by atoms with Crippen molar-refractivity contribution in [1.82, 2.24) is 0 Å². The molecule has 0 amide bonds.